The zero-order valence-electron chi connectivity index (χ0n) is 9.59. The van der Waals surface area contributed by atoms with Crippen molar-refractivity contribution in [1.29, 1.82) is 0 Å². The van der Waals surface area contributed by atoms with Crippen LogP contribution in [0.15, 0.2) is 30.5 Å². The van der Waals surface area contributed by atoms with Crippen LogP contribution < -0.4 is 20.5 Å². The molecule has 2 aromatic rings. The van der Waals surface area contributed by atoms with E-state index in [9.17, 15) is 0 Å². The Morgan fingerprint density at radius 1 is 1.22 bits per heavy atom. The average Bonchev–Trinajstić information content (AvgIpc) is 2.84. The zero-order valence-corrected chi connectivity index (χ0v) is 9.59. The molecule has 0 fully saturated rings. The first-order chi connectivity index (χ1) is 8.81. The van der Waals surface area contributed by atoms with Crippen molar-refractivity contribution >= 4 is 11.8 Å². The molecule has 1 aliphatic heterocycles. The Kier molecular flexibility index (Phi) is 2.60. The standard InChI is InChI=1S/C12H12N4O2/c13-12-14-4-3-11(16-12)15-6-8-1-2-9-10(5-8)18-7-17-9/h1-5H,6-7H2,(H3,13,14,15,16). The summed E-state index contributed by atoms with van der Waals surface area (Å²) in [5, 5.41) is 3.17. The summed E-state index contributed by atoms with van der Waals surface area (Å²) in [4.78, 5) is 7.89. The fourth-order valence-corrected chi connectivity index (χ4v) is 1.72. The van der Waals surface area contributed by atoms with Crippen molar-refractivity contribution < 1.29 is 9.47 Å². The van der Waals surface area contributed by atoms with Gasteiger partial charge in [-0.05, 0) is 23.8 Å². The summed E-state index contributed by atoms with van der Waals surface area (Å²) >= 11 is 0. The topological polar surface area (TPSA) is 82.3 Å². The molecule has 6 nitrogen and oxygen atoms in total. The molecule has 1 aliphatic rings. The van der Waals surface area contributed by atoms with Gasteiger partial charge < -0.3 is 20.5 Å². The number of ether oxygens (including phenoxy) is 2. The third-order valence-electron chi connectivity index (χ3n) is 2.58. The van der Waals surface area contributed by atoms with E-state index >= 15 is 0 Å². The van der Waals surface area contributed by atoms with E-state index in [2.05, 4.69) is 15.3 Å². The van der Waals surface area contributed by atoms with Gasteiger partial charge in [-0.2, -0.15) is 4.98 Å². The predicted octanol–water partition coefficient (Wildman–Crippen LogP) is 1.40. The molecule has 1 aromatic heterocycles. The Morgan fingerprint density at radius 2 is 2.11 bits per heavy atom. The maximum Gasteiger partial charge on any atom is 0.231 e. The van der Waals surface area contributed by atoms with Crippen molar-refractivity contribution in [3.63, 3.8) is 0 Å². The molecule has 3 rings (SSSR count). The van der Waals surface area contributed by atoms with Crippen LogP contribution >= 0.6 is 0 Å². The molecule has 0 amide bonds. The molecule has 1 aromatic carbocycles. The highest BCUT2D eigenvalue weighted by Crippen LogP contribution is 2.32. The molecule has 0 atom stereocenters. The lowest BCUT2D eigenvalue weighted by atomic mass is 10.2. The normalized spacial score (nSPS) is 12.4. The number of hydrogen-bond donors (Lipinski definition) is 2. The first-order valence-corrected chi connectivity index (χ1v) is 5.52. The molecule has 0 radical (unpaired) electrons. The first kappa shape index (κ1) is 10.6. The number of anilines is 2. The molecule has 92 valence electrons. The number of nitrogens with one attached hydrogen (secondary N) is 1. The Morgan fingerprint density at radius 3 is 3.00 bits per heavy atom. The highest BCUT2D eigenvalue weighted by atomic mass is 16.7. The van der Waals surface area contributed by atoms with Gasteiger partial charge in [-0.15, -0.1) is 0 Å². The molecule has 0 unspecified atom stereocenters. The minimum absolute atomic E-state index is 0.255. The summed E-state index contributed by atoms with van der Waals surface area (Å²) in [6.45, 7) is 0.918. The van der Waals surface area contributed by atoms with E-state index in [4.69, 9.17) is 15.2 Å². The molecular weight excluding hydrogens is 232 g/mol. The van der Waals surface area contributed by atoms with Crippen molar-refractivity contribution in [2.24, 2.45) is 0 Å². The van der Waals surface area contributed by atoms with E-state index in [1.165, 1.54) is 0 Å². The highest BCUT2D eigenvalue weighted by molar-refractivity contribution is 5.46. The van der Waals surface area contributed by atoms with Gasteiger partial charge in [0.05, 0.1) is 0 Å². The second-order valence-corrected chi connectivity index (χ2v) is 3.84. The smallest absolute Gasteiger partial charge is 0.231 e. The van der Waals surface area contributed by atoms with Crippen LogP contribution in [0, 0.1) is 0 Å². The van der Waals surface area contributed by atoms with Crippen molar-refractivity contribution in [2.45, 2.75) is 6.54 Å². The van der Waals surface area contributed by atoms with E-state index in [0.717, 1.165) is 17.1 Å². The zero-order chi connectivity index (χ0) is 12.4. The van der Waals surface area contributed by atoms with Gasteiger partial charge in [-0.25, -0.2) is 4.98 Å². The third kappa shape index (κ3) is 2.13. The summed E-state index contributed by atoms with van der Waals surface area (Å²) in [6, 6.07) is 7.59. The molecule has 3 N–H and O–H groups in total. The van der Waals surface area contributed by atoms with Crippen LogP contribution in [0.2, 0.25) is 0 Å². The molecule has 6 heteroatoms. The van der Waals surface area contributed by atoms with Gasteiger partial charge in [-0.1, -0.05) is 6.07 Å². The second kappa shape index (κ2) is 4.40. The van der Waals surface area contributed by atoms with Crippen molar-refractivity contribution in [1.82, 2.24) is 9.97 Å². The van der Waals surface area contributed by atoms with Crippen molar-refractivity contribution in [2.75, 3.05) is 17.8 Å². The number of rotatable bonds is 3. The second-order valence-electron chi connectivity index (χ2n) is 3.84. The number of nitrogens with zero attached hydrogens (tertiary/aromatic N) is 2. The Labute approximate surface area is 104 Å². The lowest BCUT2D eigenvalue weighted by Gasteiger charge is -2.06. The van der Waals surface area contributed by atoms with Crippen molar-refractivity contribution in [3.8, 4) is 11.5 Å². The first-order valence-electron chi connectivity index (χ1n) is 5.52. The molecule has 0 saturated heterocycles. The summed E-state index contributed by atoms with van der Waals surface area (Å²) in [6.07, 6.45) is 1.62. The third-order valence-corrected chi connectivity index (χ3v) is 2.58. The summed E-state index contributed by atoms with van der Waals surface area (Å²) in [5.74, 6) is 2.51. The SMILES string of the molecule is Nc1nccc(NCc2ccc3c(c2)OCO3)n1. The Hall–Kier alpha value is -2.50. The fraction of sp³-hybridized carbons (Fsp3) is 0.167. The lowest BCUT2D eigenvalue weighted by molar-refractivity contribution is 0.174. The quantitative estimate of drug-likeness (QED) is 0.849. The van der Waals surface area contributed by atoms with Crippen LogP contribution in [0.25, 0.3) is 0 Å². The van der Waals surface area contributed by atoms with Crippen LogP contribution in [-0.4, -0.2) is 16.8 Å². The molecule has 0 spiro atoms. The number of fused-ring (bicyclic) bond motifs is 1. The molecule has 18 heavy (non-hydrogen) atoms. The largest absolute Gasteiger partial charge is 0.454 e. The van der Waals surface area contributed by atoms with Gasteiger partial charge in [-0.3, -0.25) is 0 Å². The fourth-order valence-electron chi connectivity index (χ4n) is 1.72. The number of benzene rings is 1. The van der Waals surface area contributed by atoms with Crippen LogP contribution in [0.1, 0.15) is 5.56 Å². The average molecular weight is 244 g/mol. The summed E-state index contributed by atoms with van der Waals surface area (Å²) in [5.41, 5.74) is 6.58. The van der Waals surface area contributed by atoms with Gasteiger partial charge in [0.2, 0.25) is 12.7 Å². The molecule has 0 aliphatic carbocycles. The Balaban J connectivity index is 1.70. The van der Waals surface area contributed by atoms with Crippen LogP contribution in [0.3, 0.4) is 0 Å². The maximum absolute atomic E-state index is 5.50. The van der Waals surface area contributed by atoms with Gasteiger partial charge in [0, 0.05) is 12.7 Å². The molecule has 0 saturated carbocycles. The number of nitrogen functional groups attached to an aromatic ring is 1. The van der Waals surface area contributed by atoms with Crippen LogP contribution in [0.4, 0.5) is 11.8 Å². The van der Waals surface area contributed by atoms with Gasteiger partial charge in [0.25, 0.3) is 0 Å². The molecule has 2 heterocycles. The summed E-state index contributed by atoms with van der Waals surface area (Å²) < 4.78 is 10.6. The van der Waals surface area contributed by atoms with Gasteiger partial charge in [0.15, 0.2) is 11.5 Å². The number of nitrogens with two attached hydrogens (primary N) is 1. The van der Waals surface area contributed by atoms with E-state index in [1.807, 2.05) is 18.2 Å². The van der Waals surface area contributed by atoms with Gasteiger partial charge in [0.1, 0.15) is 5.82 Å². The van der Waals surface area contributed by atoms with Crippen LogP contribution in [0.5, 0.6) is 11.5 Å². The van der Waals surface area contributed by atoms with Gasteiger partial charge >= 0.3 is 0 Å². The minimum atomic E-state index is 0.255. The van der Waals surface area contributed by atoms with E-state index in [-0.39, 0.29) is 12.7 Å². The minimum Gasteiger partial charge on any atom is -0.454 e. The highest BCUT2D eigenvalue weighted by Gasteiger charge is 2.12. The maximum atomic E-state index is 5.50. The van der Waals surface area contributed by atoms with E-state index < -0.39 is 0 Å². The summed E-state index contributed by atoms with van der Waals surface area (Å²) in [7, 11) is 0. The van der Waals surface area contributed by atoms with Crippen LogP contribution in [-0.2, 0) is 6.54 Å². The number of aromatic nitrogens is 2. The number of hydrogen-bond acceptors (Lipinski definition) is 6. The van der Waals surface area contributed by atoms with Crippen molar-refractivity contribution in [3.05, 3.63) is 36.0 Å². The van der Waals surface area contributed by atoms with E-state index in [0.29, 0.717) is 12.4 Å². The van der Waals surface area contributed by atoms with E-state index in [1.54, 1.807) is 12.3 Å². The monoisotopic (exact) mass is 244 g/mol. The molecule has 0 bridgehead atoms. The Bertz CT molecular complexity index is 574. The lowest BCUT2D eigenvalue weighted by Crippen LogP contribution is -2.03. The molecular formula is C12H12N4O2. The predicted molar refractivity (Wildman–Crippen MR) is 66.3 cm³/mol.